The highest BCUT2D eigenvalue weighted by molar-refractivity contribution is 9.10. The smallest absolute Gasteiger partial charge is 0.405 e. The van der Waals surface area contributed by atoms with Gasteiger partial charge in [-0.15, -0.1) is 13.2 Å². The lowest BCUT2D eigenvalue weighted by Gasteiger charge is -2.12. The summed E-state index contributed by atoms with van der Waals surface area (Å²) >= 11 is 3.09. The van der Waals surface area contributed by atoms with Crippen molar-refractivity contribution in [1.29, 1.82) is 0 Å². The van der Waals surface area contributed by atoms with E-state index in [2.05, 4.69) is 30.9 Å². The topological polar surface area (TPSA) is 24.5 Å². The average molecular weight is 369 g/mol. The number of hydrogen-bond acceptors (Lipinski definition) is 3. The molecule has 1 N–H and O–H groups in total. The number of unbranched alkanes of at least 4 members (excludes halogenated alkanes) is 1. The average Bonchev–Trinajstić information content (AvgIpc) is 2.35. The van der Waals surface area contributed by atoms with Crippen LogP contribution in [-0.2, 0) is 6.54 Å². The van der Waals surface area contributed by atoms with Crippen molar-refractivity contribution in [1.82, 2.24) is 10.2 Å². The minimum Gasteiger partial charge on any atom is -0.405 e. The maximum Gasteiger partial charge on any atom is 0.573 e. The lowest BCUT2D eigenvalue weighted by Crippen LogP contribution is -2.18. The fraction of sp³-hybridized carbons (Fsp3) is 0.571. The molecule has 0 atom stereocenters. The van der Waals surface area contributed by atoms with E-state index in [1.807, 2.05) is 14.1 Å². The van der Waals surface area contributed by atoms with Gasteiger partial charge in [-0.25, -0.2) is 0 Å². The molecule has 0 aliphatic heterocycles. The van der Waals surface area contributed by atoms with E-state index in [9.17, 15) is 13.2 Å². The quantitative estimate of drug-likeness (QED) is 0.706. The molecule has 0 spiro atoms. The Hall–Kier alpha value is -0.790. The largest absolute Gasteiger partial charge is 0.573 e. The number of halogens is 4. The summed E-state index contributed by atoms with van der Waals surface area (Å²) in [6.45, 7) is 2.55. The minimum absolute atomic E-state index is 0.225. The number of nitrogens with zero attached hydrogens (tertiary/aromatic N) is 1. The summed E-state index contributed by atoms with van der Waals surface area (Å²) in [5.74, 6) is -0.225. The van der Waals surface area contributed by atoms with Gasteiger partial charge in [0.2, 0.25) is 0 Å². The number of benzene rings is 1. The van der Waals surface area contributed by atoms with Gasteiger partial charge < -0.3 is 15.0 Å². The van der Waals surface area contributed by atoms with E-state index in [0.717, 1.165) is 31.5 Å². The van der Waals surface area contributed by atoms with Crippen LogP contribution in [0.1, 0.15) is 18.4 Å². The van der Waals surface area contributed by atoms with Crippen LogP contribution >= 0.6 is 15.9 Å². The highest BCUT2D eigenvalue weighted by Gasteiger charge is 2.31. The molecular weight excluding hydrogens is 349 g/mol. The van der Waals surface area contributed by atoms with Crippen molar-refractivity contribution in [2.24, 2.45) is 0 Å². The predicted molar refractivity (Wildman–Crippen MR) is 80.3 cm³/mol. The van der Waals surface area contributed by atoms with Crippen LogP contribution < -0.4 is 10.1 Å². The third-order valence-electron chi connectivity index (χ3n) is 2.76. The van der Waals surface area contributed by atoms with E-state index in [-0.39, 0.29) is 5.75 Å². The predicted octanol–water partition coefficient (Wildman–Crippen LogP) is 3.78. The Morgan fingerprint density at radius 2 is 1.95 bits per heavy atom. The molecule has 1 aromatic rings. The fourth-order valence-corrected chi connectivity index (χ4v) is 2.28. The van der Waals surface area contributed by atoms with Crippen LogP contribution in [0.3, 0.4) is 0 Å². The SMILES string of the molecule is CN(C)CCCCNCc1ccc(OC(F)(F)F)c(Br)c1. The summed E-state index contributed by atoms with van der Waals surface area (Å²) < 4.78 is 40.6. The van der Waals surface area contributed by atoms with Crippen molar-refractivity contribution < 1.29 is 17.9 Å². The van der Waals surface area contributed by atoms with Crippen molar-refractivity contribution >= 4 is 15.9 Å². The summed E-state index contributed by atoms with van der Waals surface area (Å²) in [4.78, 5) is 2.14. The Morgan fingerprint density at radius 1 is 1.24 bits per heavy atom. The second-order valence-corrected chi connectivity index (χ2v) is 5.85. The molecule has 0 aromatic heterocycles. The Labute approximate surface area is 131 Å². The highest BCUT2D eigenvalue weighted by Crippen LogP contribution is 2.30. The fourth-order valence-electron chi connectivity index (χ4n) is 1.77. The van der Waals surface area contributed by atoms with E-state index >= 15 is 0 Å². The zero-order chi connectivity index (χ0) is 15.9. The van der Waals surface area contributed by atoms with E-state index in [0.29, 0.717) is 11.0 Å². The molecule has 0 radical (unpaired) electrons. The third-order valence-corrected chi connectivity index (χ3v) is 3.38. The summed E-state index contributed by atoms with van der Waals surface area (Å²) in [6, 6.07) is 4.58. The maximum atomic E-state index is 12.1. The van der Waals surface area contributed by atoms with Crippen molar-refractivity contribution in [3.8, 4) is 5.75 Å². The summed E-state index contributed by atoms with van der Waals surface area (Å²) in [5, 5.41) is 3.27. The first-order chi connectivity index (χ1) is 9.78. The molecule has 0 amide bonds. The van der Waals surface area contributed by atoms with Gasteiger partial charge in [-0.05, 0) is 73.7 Å². The Balaban J connectivity index is 2.35. The molecular formula is C14H20BrF3N2O. The maximum absolute atomic E-state index is 12.1. The van der Waals surface area contributed by atoms with Gasteiger partial charge in [0.05, 0.1) is 4.47 Å². The van der Waals surface area contributed by atoms with E-state index in [4.69, 9.17) is 0 Å². The number of hydrogen-bond donors (Lipinski definition) is 1. The molecule has 0 saturated heterocycles. The molecule has 1 rings (SSSR count). The highest BCUT2D eigenvalue weighted by atomic mass is 79.9. The zero-order valence-electron chi connectivity index (χ0n) is 12.1. The molecule has 0 aliphatic rings. The molecule has 0 fully saturated rings. The molecule has 3 nitrogen and oxygen atoms in total. The standard InChI is InChI=1S/C14H20BrF3N2O/c1-20(2)8-4-3-7-19-10-11-5-6-13(12(15)9-11)21-14(16,17)18/h5-6,9,19H,3-4,7-8,10H2,1-2H3. The monoisotopic (exact) mass is 368 g/mol. The summed E-state index contributed by atoms with van der Waals surface area (Å²) in [5.41, 5.74) is 0.906. The number of rotatable bonds is 8. The van der Waals surface area contributed by atoms with Crippen LogP contribution in [0.15, 0.2) is 22.7 Å². The van der Waals surface area contributed by atoms with E-state index in [1.54, 1.807) is 12.1 Å². The van der Waals surface area contributed by atoms with Crippen molar-refractivity contribution in [2.45, 2.75) is 25.7 Å². The van der Waals surface area contributed by atoms with Gasteiger partial charge in [0, 0.05) is 6.54 Å². The molecule has 0 aliphatic carbocycles. The van der Waals surface area contributed by atoms with Crippen molar-refractivity contribution in [2.75, 3.05) is 27.2 Å². The van der Waals surface area contributed by atoms with Crippen LogP contribution in [0.5, 0.6) is 5.75 Å². The Morgan fingerprint density at radius 3 is 2.52 bits per heavy atom. The molecule has 7 heteroatoms. The minimum atomic E-state index is -4.67. The second kappa shape index (κ2) is 8.60. The summed E-state index contributed by atoms with van der Waals surface area (Å²) in [7, 11) is 4.07. The van der Waals surface area contributed by atoms with Crippen molar-refractivity contribution in [3.63, 3.8) is 0 Å². The molecule has 21 heavy (non-hydrogen) atoms. The van der Waals surface area contributed by atoms with Gasteiger partial charge in [-0.3, -0.25) is 0 Å². The van der Waals surface area contributed by atoms with E-state index in [1.165, 1.54) is 6.07 Å². The second-order valence-electron chi connectivity index (χ2n) is 5.00. The summed E-state index contributed by atoms with van der Waals surface area (Å²) in [6.07, 6.45) is -2.49. The van der Waals surface area contributed by atoms with Crippen LogP contribution in [0.25, 0.3) is 0 Å². The first-order valence-electron chi connectivity index (χ1n) is 6.67. The first-order valence-corrected chi connectivity index (χ1v) is 7.47. The van der Waals surface area contributed by atoms with Crippen LogP contribution in [0.2, 0.25) is 0 Å². The van der Waals surface area contributed by atoms with Gasteiger partial charge in [-0.1, -0.05) is 6.07 Å². The van der Waals surface area contributed by atoms with Crippen LogP contribution in [-0.4, -0.2) is 38.4 Å². The van der Waals surface area contributed by atoms with Gasteiger partial charge in [-0.2, -0.15) is 0 Å². The van der Waals surface area contributed by atoms with Gasteiger partial charge in [0.1, 0.15) is 5.75 Å². The Kier molecular flexibility index (Phi) is 7.48. The number of alkyl halides is 3. The van der Waals surface area contributed by atoms with Crippen molar-refractivity contribution in [3.05, 3.63) is 28.2 Å². The lowest BCUT2D eigenvalue weighted by atomic mass is 10.2. The van der Waals surface area contributed by atoms with Crippen LogP contribution in [0.4, 0.5) is 13.2 Å². The molecule has 1 aromatic carbocycles. The van der Waals surface area contributed by atoms with E-state index < -0.39 is 6.36 Å². The third kappa shape index (κ3) is 8.28. The zero-order valence-corrected chi connectivity index (χ0v) is 13.7. The lowest BCUT2D eigenvalue weighted by molar-refractivity contribution is -0.274. The number of nitrogens with one attached hydrogen (secondary N) is 1. The van der Waals surface area contributed by atoms with Gasteiger partial charge in [0.25, 0.3) is 0 Å². The van der Waals surface area contributed by atoms with Gasteiger partial charge in [0.15, 0.2) is 0 Å². The Bertz CT molecular complexity index is 439. The molecule has 0 heterocycles. The van der Waals surface area contributed by atoms with Crippen LogP contribution in [0, 0.1) is 0 Å². The normalized spacial score (nSPS) is 12.0. The number of ether oxygens (including phenoxy) is 1. The van der Waals surface area contributed by atoms with Gasteiger partial charge >= 0.3 is 6.36 Å². The molecule has 0 bridgehead atoms. The molecule has 0 unspecified atom stereocenters. The molecule has 120 valence electrons. The molecule has 0 saturated carbocycles. The first kappa shape index (κ1) is 18.3.